The lowest BCUT2D eigenvalue weighted by Gasteiger charge is -2.31. The van der Waals surface area contributed by atoms with E-state index in [1.54, 1.807) is 48.7 Å². The SMILES string of the molecule is O=C1CNC2=C1N(C(=O)C(Cc1ccc(O)cc1)NC(=O)c1cccc3cccnc13)C(S(=O)(=O)Cc1ccc[nH]c1=O)C2. The van der Waals surface area contributed by atoms with Crippen LogP contribution in [0.1, 0.15) is 27.9 Å². The Kier molecular flexibility index (Phi) is 7.47. The van der Waals surface area contributed by atoms with Gasteiger partial charge in [0.05, 0.1) is 23.4 Å². The van der Waals surface area contributed by atoms with Crippen LogP contribution in [-0.2, 0) is 31.6 Å². The number of rotatable bonds is 8. The zero-order valence-corrected chi connectivity index (χ0v) is 24.0. The summed E-state index contributed by atoms with van der Waals surface area (Å²) in [6, 6.07) is 16.2. The van der Waals surface area contributed by atoms with Gasteiger partial charge < -0.3 is 20.7 Å². The number of nitrogens with zero attached hydrogens (tertiary/aromatic N) is 2. The van der Waals surface area contributed by atoms with Gasteiger partial charge in [-0.2, -0.15) is 0 Å². The quantitative estimate of drug-likeness (QED) is 0.229. The molecule has 4 N–H and O–H groups in total. The van der Waals surface area contributed by atoms with Crippen LogP contribution in [0.4, 0.5) is 0 Å². The number of ketones is 1. The summed E-state index contributed by atoms with van der Waals surface area (Å²) in [4.78, 5) is 61.1. The molecule has 2 amide bonds. The molecule has 224 valence electrons. The summed E-state index contributed by atoms with van der Waals surface area (Å²) in [5, 5.41) is 14.6. The number of sulfone groups is 1. The minimum absolute atomic E-state index is 0.00140. The van der Waals surface area contributed by atoms with Gasteiger partial charge in [-0.3, -0.25) is 29.1 Å². The Morgan fingerprint density at radius 1 is 1.05 bits per heavy atom. The van der Waals surface area contributed by atoms with Crippen molar-refractivity contribution >= 4 is 38.3 Å². The molecule has 13 heteroatoms. The molecule has 0 aliphatic carbocycles. The van der Waals surface area contributed by atoms with E-state index in [-0.39, 0.29) is 42.0 Å². The van der Waals surface area contributed by atoms with E-state index in [1.165, 1.54) is 30.5 Å². The predicted octanol–water partition coefficient (Wildman–Crippen LogP) is 1.53. The van der Waals surface area contributed by atoms with Gasteiger partial charge in [0.1, 0.15) is 22.9 Å². The number of carbonyl (C=O) groups is 3. The number of aromatic amines is 1. The Bertz CT molecular complexity index is 2000. The summed E-state index contributed by atoms with van der Waals surface area (Å²) >= 11 is 0. The van der Waals surface area contributed by atoms with Crippen molar-refractivity contribution in [2.75, 3.05) is 6.54 Å². The maximum absolute atomic E-state index is 14.4. The second kappa shape index (κ2) is 11.4. The third-order valence-electron chi connectivity index (χ3n) is 7.69. The van der Waals surface area contributed by atoms with Crippen LogP contribution < -0.4 is 16.2 Å². The van der Waals surface area contributed by atoms with Gasteiger partial charge in [-0.05, 0) is 35.9 Å². The molecule has 2 unspecified atom stereocenters. The number of H-pyrrole nitrogens is 1. The first-order chi connectivity index (χ1) is 21.1. The van der Waals surface area contributed by atoms with Crippen molar-refractivity contribution < 1.29 is 27.9 Å². The third kappa shape index (κ3) is 5.44. The van der Waals surface area contributed by atoms with Crippen molar-refractivity contribution in [1.82, 2.24) is 25.5 Å². The first kappa shape index (κ1) is 28.8. The molecule has 44 heavy (non-hydrogen) atoms. The minimum Gasteiger partial charge on any atom is -0.508 e. The van der Waals surface area contributed by atoms with Gasteiger partial charge in [0.25, 0.3) is 17.4 Å². The number of nitrogens with one attached hydrogen (secondary N) is 3. The monoisotopic (exact) mass is 613 g/mol. The van der Waals surface area contributed by atoms with Crippen molar-refractivity contribution in [3.63, 3.8) is 0 Å². The number of phenolic OH excluding ortho intramolecular Hbond substituents is 1. The van der Waals surface area contributed by atoms with Crippen molar-refractivity contribution in [3.05, 3.63) is 118 Å². The molecule has 12 nitrogen and oxygen atoms in total. The lowest BCUT2D eigenvalue weighted by molar-refractivity contribution is -0.133. The molecule has 0 radical (unpaired) electrons. The Labute approximate surface area is 251 Å². The molecule has 2 aromatic heterocycles. The van der Waals surface area contributed by atoms with Crippen LogP contribution >= 0.6 is 0 Å². The maximum Gasteiger partial charge on any atom is 0.254 e. The number of benzene rings is 2. The molecule has 4 heterocycles. The molecule has 2 aliphatic rings. The van der Waals surface area contributed by atoms with E-state index in [9.17, 15) is 32.7 Å². The van der Waals surface area contributed by atoms with Crippen LogP contribution in [0.15, 0.2) is 95.3 Å². The number of carbonyl (C=O) groups excluding carboxylic acids is 3. The van der Waals surface area contributed by atoms with Crippen molar-refractivity contribution in [2.45, 2.75) is 30.0 Å². The van der Waals surface area contributed by atoms with Gasteiger partial charge in [-0.25, -0.2) is 8.42 Å². The molecular formula is C31H27N5O7S. The molecule has 0 spiro atoms. The average Bonchev–Trinajstić information content (AvgIpc) is 3.58. The number of phenols is 1. The normalized spacial score (nSPS) is 17.0. The first-order valence-electron chi connectivity index (χ1n) is 13.8. The summed E-state index contributed by atoms with van der Waals surface area (Å²) in [6.07, 6.45) is 2.68. The van der Waals surface area contributed by atoms with E-state index in [0.717, 1.165) is 4.90 Å². The number of hydrogen-bond acceptors (Lipinski definition) is 9. The number of hydrogen-bond donors (Lipinski definition) is 4. The Balaban J connectivity index is 1.38. The van der Waals surface area contributed by atoms with E-state index in [0.29, 0.717) is 22.2 Å². The van der Waals surface area contributed by atoms with Crippen LogP contribution in [-0.4, -0.2) is 64.0 Å². The van der Waals surface area contributed by atoms with Crippen molar-refractivity contribution in [2.24, 2.45) is 0 Å². The van der Waals surface area contributed by atoms with E-state index in [1.807, 2.05) is 0 Å². The number of para-hydroxylation sites is 1. The van der Waals surface area contributed by atoms with E-state index < -0.39 is 50.2 Å². The summed E-state index contributed by atoms with van der Waals surface area (Å²) in [6.45, 7) is -0.101. The van der Waals surface area contributed by atoms with Gasteiger partial charge >= 0.3 is 0 Å². The number of fused-ring (bicyclic) bond motifs is 1. The summed E-state index contributed by atoms with van der Waals surface area (Å²) < 4.78 is 27.6. The number of amides is 2. The molecular weight excluding hydrogens is 586 g/mol. The first-order valence-corrected chi connectivity index (χ1v) is 15.5. The third-order valence-corrected chi connectivity index (χ3v) is 9.61. The summed E-state index contributed by atoms with van der Waals surface area (Å²) in [7, 11) is -4.22. The van der Waals surface area contributed by atoms with Crippen LogP contribution in [0.25, 0.3) is 10.9 Å². The van der Waals surface area contributed by atoms with Crippen molar-refractivity contribution in [3.8, 4) is 5.75 Å². The molecule has 2 aliphatic heterocycles. The Hall–Kier alpha value is -5.30. The molecule has 0 bridgehead atoms. The van der Waals surface area contributed by atoms with Gasteiger partial charge in [-0.1, -0.05) is 36.4 Å². The Morgan fingerprint density at radius 2 is 1.82 bits per heavy atom. The lowest BCUT2D eigenvalue weighted by atomic mass is 10.0. The van der Waals surface area contributed by atoms with Crippen LogP contribution in [0, 0.1) is 0 Å². The average molecular weight is 614 g/mol. The highest BCUT2D eigenvalue weighted by Gasteiger charge is 2.49. The van der Waals surface area contributed by atoms with E-state index >= 15 is 0 Å². The molecule has 0 fully saturated rings. The topological polar surface area (TPSA) is 179 Å². The fraction of sp³-hybridized carbons (Fsp3) is 0.194. The van der Waals surface area contributed by atoms with Crippen LogP contribution in [0.5, 0.6) is 5.75 Å². The van der Waals surface area contributed by atoms with Crippen LogP contribution in [0.2, 0.25) is 0 Å². The highest BCUT2D eigenvalue weighted by Crippen LogP contribution is 2.36. The second-order valence-electron chi connectivity index (χ2n) is 10.6. The molecule has 6 rings (SSSR count). The smallest absolute Gasteiger partial charge is 0.254 e. The second-order valence-corrected chi connectivity index (χ2v) is 12.7. The number of aromatic hydroxyl groups is 1. The molecule has 4 aromatic rings. The molecule has 0 saturated heterocycles. The fourth-order valence-electron chi connectivity index (χ4n) is 5.56. The summed E-state index contributed by atoms with van der Waals surface area (Å²) in [5.74, 6) is -2.55. The largest absolute Gasteiger partial charge is 0.508 e. The van der Waals surface area contributed by atoms with Crippen LogP contribution in [0.3, 0.4) is 0 Å². The zero-order valence-electron chi connectivity index (χ0n) is 23.2. The van der Waals surface area contributed by atoms with Gasteiger partial charge in [0, 0.05) is 41.9 Å². The van der Waals surface area contributed by atoms with E-state index in [2.05, 4.69) is 20.6 Å². The van der Waals surface area contributed by atoms with Gasteiger partial charge in [0.2, 0.25) is 0 Å². The lowest BCUT2D eigenvalue weighted by Crippen LogP contribution is -2.53. The molecule has 2 aromatic carbocycles. The maximum atomic E-state index is 14.4. The molecule has 2 atom stereocenters. The van der Waals surface area contributed by atoms with Gasteiger partial charge in [-0.15, -0.1) is 0 Å². The number of pyridine rings is 2. The standard InChI is InChI=1S/C31H27N5O7S/c37-21-10-8-18(9-11-21)14-24(35-30(40)22-7-1-4-19-5-2-12-32-27(19)22)31(41)36-26(15-23-28(36)25(38)16-34-23)44(42,43)17-20-6-3-13-33-29(20)39/h1-13,24,26,34,37H,14-17H2,(H,33,39)(H,35,40). The minimum atomic E-state index is -4.22. The number of aromatic nitrogens is 2. The number of Topliss-reactive ketones (excluding diaryl/α,β-unsaturated/α-hetero) is 1. The van der Waals surface area contributed by atoms with Gasteiger partial charge in [0.15, 0.2) is 15.6 Å². The highest BCUT2D eigenvalue weighted by molar-refractivity contribution is 7.91. The highest BCUT2D eigenvalue weighted by atomic mass is 32.2. The molecule has 0 saturated carbocycles. The van der Waals surface area contributed by atoms with Crippen molar-refractivity contribution in [1.29, 1.82) is 0 Å². The zero-order chi connectivity index (χ0) is 31.0. The predicted molar refractivity (Wildman–Crippen MR) is 160 cm³/mol. The fourth-order valence-corrected chi connectivity index (χ4v) is 7.37. The van der Waals surface area contributed by atoms with E-state index in [4.69, 9.17) is 0 Å². The Morgan fingerprint density at radius 3 is 2.59 bits per heavy atom. The summed E-state index contributed by atoms with van der Waals surface area (Å²) in [5.41, 5.74) is 0.842.